The van der Waals surface area contributed by atoms with E-state index < -0.39 is 0 Å². The molecule has 0 fully saturated rings. The first-order valence-corrected chi connectivity index (χ1v) is 4.22. The molecule has 0 aromatic carbocycles. The van der Waals surface area contributed by atoms with Gasteiger partial charge in [-0.2, -0.15) is 0 Å². The van der Waals surface area contributed by atoms with Crippen LogP contribution in [0.3, 0.4) is 0 Å². The van der Waals surface area contributed by atoms with Crippen LogP contribution < -0.4 is 0 Å². The number of methoxy groups -OCH3 is 1. The molecule has 0 aliphatic carbocycles. The summed E-state index contributed by atoms with van der Waals surface area (Å²) in [7, 11) is 1.35. The van der Waals surface area contributed by atoms with Gasteiger partial charge >= 0.3 is 5.97 Å². The van der Waals surface area contributed by atoms with Gasteiger partial charge in [-0.15, -0.1) is 0 Å². The lowest BCUT2D eigenvalue weighted by molar-refractivity contribution is -0.136. The second kappa shape index (κ2) is 6.29. The van der Waals surface area contributed by atoms with Crippen LogP contribution in [0.15, 0.2) is 23.5 Å². The summed E-state index contributed by atoms with van der Waals surface area (Å²) in [6.45, 7) is 5.95. The first kappa shape index (κ1) is 11.8. The van der Waals surface area contributed by atoms with Crippen molar-refractivity contribution in [2.24, 2.45) is 0 Å². The topological polar surface area (TPSA) is 35.5 Å². The van der Waals surface area contributed by atoms with E-state index in [1.807, 2.05) is 19.9 Å². The van der Waals surface area contributed by atoms with Crippen LogP contribution in [-0.4, -0.2) is 19.7 Å². The molecule has 0 bridgehead atoms. The highest BCUT2D eigenvalue weighted by Gasteiger charge is 2.09. The quantitative estimate of drug-likeness (QED) is 0.290. The normalized spacial score (nSPS) is 12.6. The Morgan fingerprint density at radius 1 is 1.46 bits per heavy atom. The summed E-state index contributed by atoms with van der Waals surface area (Å²) in [5, 5.41) is 0. The Morgan fingerprint density at radius 2 is 2.08 bits per heavy atom. The van der Waals surface area contributed by atoms with Crippen molar-refractivity contribution in [2.45, 2.75) is 20.8 Å². The van der Waals surface area contributed by atoms with E-state index in [0.717, 1.165) is 0 Å². The molecule has 0 amide bonds. The smallest absolute Gasteiger partial charge is 0.337 e. The molecule has 0 spiro atoms. The van der Waals surface area contributed by atoms with E-state index in [4.69, 9.17) is 4.74 Å². The van der Waals surface area contributed by atoms with Crippen LogP contribution in [0.4, 0.5) is 0 Å². The highest BCUT2D eigenvalue weighted by Crippen LogP contribution is 2.09. The number of carbonyl (C=O) groups is 1. The van der Waals surface area contributed by atoms with E-state index >= 15 is 0 Å². The van der Waals surface area contributed by atoms with Gasteiger partial charge in [0.15, 0.2) is 0 Å². The van der Waals surface area contributed by atoms with E-state index in [1.165, 1.54) is 7.11 Å². The van der Waals surface area contributed by atoms with Gasteiger partial charge in [0.1, 0.15) is 5.76 Å². The van der Waals surface area contributed by atoms with Crippen LogP contribution in [0.25, 0.3) is 0 Å². The van der Waals surface area contributed by atoms with Gasteiger partial charge in [-0.05, 0) is 26.8 Å². The first-order chi connectivity index (χ1) is 6.17. The fourth-order valence-electron chi connectivity index (χ4n) is 0.842. The van der Waals surface area contributed by atoms with Crippen LogP contribution >= 0.6 is 0 Å². The molecule has 74 valence electrons. The zero-order chi connectivity index (χ0) is 10.3. The van der Waals surface area contributed by atoms with Crippen molar-refractivity contribution < 1.29 is 14.3 Å². The summed E-state index contributed by atoms with van der Waals surface area (Å²) < 4.78 is 9.83. The number of rotatable bonds is 4. The van der Waals surface area contributed by atoms with Gasteiger partial charge in [-0.3, -0.25) is 0 Å². The molecular weight excluding hydrogens is 168 g/mol. The summed E-state index contributed by atoms with van der Waals surface area (Å²) in [6, 6.07) is 0. The summed E-state index contributed by atoms with van der Waals surface area (Å²) in [4.78, 5) is 11.1. The highest BCUT2D eigenvalue weighted by atomic mass is 16.5. The molecule has 0 saturated carbocycles. The van der Waals surface area contributed by atoms with Crippen LogP contribution in [0.5, 0.6) is 0 Å². The van der Waals surface area contributed by atoms with E-state index in [2.05, 4.69) is 4.74 Å². The lowest BCUT2D eigenvalue weighted by Crippen LogP contribution is -2.06. The Kier molecular flexibility index (Phi) is 5.68. The molecule has 3 nitrogen and oxygen atoms in total. The van der Waals surface area contributed by atoms with E-state index in [0.29, 0.717) is 17.9 Å². The molecule has 0 aromatic heterocycles. The number of hydrogen-bond acceptors (Lipinski definition) is 3. The highest BCUT2D eigenvalue weighted by molar-refractivity contribution is 5.88. The van der Waals surface area contributed by atoms with Crippen molar-refractivity contribution in [1.29, 1.82) is 0 Å². The third-order valence-electron chi connectivity index (χ3n) is 1.48. The van der Waals surface area contributed by atoms with Gasteiger partial charge in [0.2, 0.25) is 0 Å². The predicted octanol–water partition coefficient (Wildman–Crippen LogP) is 2.05. The molecule has 13 heavy (non-hydrogen) atoms. The standard InChI is InChI=1S/C10H16O3/c1-5-7-9(13-6-2)8(3)10(11)12-4/h5,7H,6H2,1-4H3/b7-5-,9-8-. The van der Waals surface area contributed by atoms with E-state index in [-0.39, 0.29) is 5.97 Å². The Morgan fingerprint density at radius 3 is 2.46 bits per heavy atom. The zero-order valence-electron chi connectivity index (χ0n) is 8.59. The zero-order valence-corrected chi connectivity index (χ0v) is 8.59. The van der Waals surface area contributed by atoms with Crippen molar-refractivity contribution >= 4 is 5.97 Å². The fourth-order valence-corrected chi connectivity index (χ4v) is 0.842. The van der Waals surface area contributed by atoms with Crippen molar-refractivity contribution in [2.75, 3.05) is 13.7 Å². The minimum Gasteiger partial charge on any atom is -0.493 e. The number of esters is 1. The third-order valence-corrected chi connectivity index (χ3v) is 1.48. The van der Waals surface area contributed by atoms with Crippen LogP contribution in [0, 0.1) is 0 Å². The van der Waals surface area contributed by atoms with Crippen molar-refractivity contribution in [3.63, 3.8) is 0 Å². The van der Waals surface area contributed by atoms with Crippen LogP contribution in [0.1, 0.15) is 20.8 Å². The van der Waals surface area contributed by atoms with Crippen molar-refractivity contribution in [3.8, 4) is 0 Å². The molecule has 0 rings (SSSR count). The lowest BCUT2D eigenvalue weighted by atomic mass is 10.2. The van der Waals surface area contributed by atoms with Crippen LogP contribution in [0.2, 0.25) is 0 Å². The molecular formula is C10H16O3. The average Bonchev–Trinajstić information content (AvgIpc) is 2.15. The van der Waals surface area contributed by atoms with Crippen molar-refractivity contribution in [3.05, 3.63) is 23.5 Å². The molecule has 0 N–H and O–H groups in total. The summed E-state index contributed by atoms with van der Waals surface area (Å²) in [6.07, 6.45) is 3.56. The largest absolute Gasteiger partial charge is 0.493 e. The number of allylic oxidation sites excluding steroid dienone is 2. The maximum Gasteiger partial charge on any atom is 0.337 e. The number of carbonyl (C=O) groups excluding carboxylic acids is 1. The third kappa shape index (κ3) is 3.78. The van der Waals surface area contributed by atoms with Gasteiger partial charge in [-0.1, -0.05) is 6.08 Å². The number of hydrogen-bond donors (Lipinski definition) is 0. The Bertz CT molecular complexity index is 226. The second-order valence-corrected chi connectivity index (χ2v) is 2.41. The maximum atomic E-state index is 11.1. The molecule has 0 atom stereocenters. The van der Waals surface area contributed by atoms with E-state index in [1.54, 1.807) is 13.0 Å². The van der Waals surface area contributed by atoms with Crippen LogP contribution in [-0.2, 0) is 14.3 Å². The SMILES string of the molecule is C/C=C\C(OCC)=C(/C)C(=O)OC. The molecule has 0 aliphatic rings. The summed E-state index contributed by atoms with van der Waals surface area (Å²) in [5.41, 5.74) is 0.488. The molecule has 0 radical (unpaired) electrons. The van der Waals surface area contributed by atoms with Crippen molar-refractivity contribution in [1.82, 2.24) is 0 Å². The Balaban J connectivity index is 4.73. The average molecular weight is 184 g/mol. The minimum atomic E-state index is -0.360. The Hall–Kier alpha value is -1.25. The maximum absolute atomic E-state index is 11.1. The number of ether oxygens (including phenoxy) is 2. The molecule has 3 heteroatoms. The van der Waals surface area contributed by atoms with Gasteiger partial charge in [0.05, 0.1) is 19.3 Å². The lowest BCUT2D eigenvalue weighted by Gasteiger charge is -2.07. The summed E-state index contributed by atoms with van der Waals surface area (Å²) in [5.74, 6) is 0.207. The first-order valence-electron chi connectivity index (χ1n) is 4.22. The second-order valence-electron chi connectivity index (χ2n) is 2.41. The molecule has 0 heterocycles. The predicted molar refractivity (Wildman–Crippen MR) is 51.2 cm³/mol. The molecule has 0 unspecified atom stereocenters. The van der Waals surface area contributed by atoms with E-state index in [9.17, 15) is 4.79 Å². The van der Waals surface area contributed by atoms with Gasteiger partial charge < -0.3 is 9.47 Å². The Labute approximate surface area is 79.0 Å². The van der Waals surface area contributed by atoms with Gasteiger partial charge in [0, 0.05) is 0 Å². The molecule has 0 saturated heterocycles. The molecule has 0 aliphatic heterocycles. The van der Waals surface area contributed by atoms with Gasteiger partial charge in [0.25, 0.3) is 0 Å². The molecule has 0 aromatic rings. The summed E-state index contributed by atoms with van der Waals surface area (Å²) >= 11 is 0. The minimum absolute atomic E-state index is 0.360. The fraction of sp³-hybridized carbons (Fsp3) is 0.500. The monoisotopic (exact) mass is 184 g/mol. The van der Waals surface area contributed by atoms with Gasteiger partial charge in [-0.25, -0.2) is 4.79 Å².